The largest absolute Gasteiger partial charge is 0.497 e. The summed E-state index contributed by atoms with van der Waals surface area (Å²) in [6, 6.07) is 13.5. The number of rotatable bonds is 4. The highest BCUT2D eigenvalue weighted by Crippen LogP contribution is 2.17. The summed E-state index contributed by atoms with van der Waals surface area (Å²) in [5, 5.41) is 0. The van der Waals surface area contributed by atoms with E-state index in [1.165, 1.54) is 12.1 Å². The van der Waals surface area contributed by atoms with Gasteiger partial charge in [-0.3, -0.25) is 0 Å². The number of aryl methyl sites for hydroxylation is 1. The number of methoxy groups -OCH3 is 1. The monoisotopic (exact) mass is 322 g/mol. The van der Waals surface area contributed by atoms with Gasteiger partial charge in [-0.1, -0.05) is 21.5 Å². The normalized spacial score (nSPS) is 10.8. The molecule has 0 saturated carbocycles. The summed E-state index contributed by atoms with van der Waals surface area (Å²) >= 11 is 0.647. The van der Waals surface area contributed by atoms with E-state index < -0.39 is 10.0 Å². The first-order valence-electron chi connectivity index (χ1n) is 6.06. The fourth-order valence-corrected chi connectivity index (χ4v) is 3.03. The Bertz CT molecular complexity index is 776. The van der Waals surface area contributed by atoms with Crippen LogP contribution in [-0.4, -0.2) is 15.5 Å². The smallest absolute Gasteiger partial charge is 0.293 e. The zero-order valence-electron chi connectivity index (χ0n) is 11.6. The molecular formula is C14H14N2O3S2. The van der Waals surface area contributed by atoms with Crippen LogP contribution in [0.4, 0.5) is 5.69 Å². The molecule has 0 spiro atoms. The Morgan fingerprint density at radius 3 is 2.19 bits per heavy atom. The number of ether oxygens (including phenoxy) is 1. The third-order valence-electron chi connectivity index (χ3n) is 2.67. The summed E-state index contributed by atoms with van der Waals surface area (Å²) in [6.45, 7) is 1.89. The minimum absolute atomic E-state index is 0.158. The Labute approximate surface area is 127 Å². The first-order chi connectivity index (χ1) is 10.0. The molecule has 0 heterocycles. The Morgan fingerprint density at radius 2 is 1.62 bits per heavy atom. The van der Waals surface area contributed by atoms with Crippen molar-refractivity contribution in [1.82, 2.24) is 0 Å². The quantitative estimate of drug-likeness (QED) is 0.865. The minimum atomic E-state index is -3.69. The van der Waals surface area contributed by atoms with Crippen LogP contribution >= 0.6 is 0 Å². The van der Waals surface area contributed by atoms with Gasteiger partial charge in [-0.05, 0) is 43.3 Å². The van der Waals surface area contributed by atoms with Crippen molar-refractivity contribution in [3.63, 3.8) is 0 Å². The highest BCUT2D eigenvalue weighted by Gasteiger charge is 2.10. The molecule has 0 aliphatic carbocycles. The van der Waals surface area contributed by atoms with Gasteiger partial charge in [-0.15, -0.1) is 0 Å². The average molecular weight is 322 g/mol. The van der Waals surface area contributed by atoms with Crippen LogP contribution in [0.3, 0.4) is 0 Å². The van der Waals surface area contributed by atoms with Crippen molar-refractivity contribution in [3.05, 3.63) is 54.1 Å². The lowest BCUT2D eigenvalue weighted by molar-refractivity contribution is 0.415. The second-order valence-corrected chi connectivity index (χ2v) is 6.60. The summed E-state index contributed by atoms with van der Waals surface area (Å²) in [6.07, 6.45) is 0. The summed E-state index contributed by atoms with van der Waals surface area (Å²) in [5.41, 5.74) is 1.60. The predicted octanol–water partition coefficient (Wildman–Crippen LogP) is 3.47. The SMILES string of the molecule is COc1ccc(N=S=NS(=O)(=O)c2ccc(C)cc2)cc1. The predicted molar refractivity (Wildman–Crippen MR) is 83.2 cm³/mol. The fourth-order valence-electron chi connectivity index (χ4n) is 1.50. The summed E-state index contributed by atoms with van der Waals surface area (Å²) < 4.78 is 36.6. The van der Waals surface area contributed by atoms with Gasteiger partial charge in [0.05, 0.1) is 29.0 Å². The van der Waals surface area contributed by atoms with Gasteiger partial charge in [0.15, 0.2) is 0 Å². The van der Waals surface area contributed by atoms with Gasteiger partial charge in [0.2, 0.25) is 0 Å². The fraction of sp³-hybridized carbons (Fsp3) is 0.143. The zero-order chi connectivity index (χ0) is 15.3. The second-order valence-electron chi connectivity index (χ2n) is 4.23. The number of hydrogen-bond acceptors (Lipinski definition) is 4. The molecule has 5 nitrogen and oxygen atoms in total. The van der Waals surface area contributed by atoms with Gasteiger partial charge in [0.25, 0.3) is 10.0 Å². The highest BCUT2D eigenvalue weighted by atomic mass is 32.2. The number of hydrogen-bond donors (Lipinski definition) is 0. The molecule has 0 radical (unpaired) electrons. The Morgan fingerprint density at radius 1 is 1.00 bits per heavy atom. The molecule has 0 aliphatic heterocycles. The van der Waals surface area contributed by atoms with E-state index in [4.69, 9.17) is 4.74 Å². The van der Waals surface area contributed by atoms with Gasteiger partial charge in [0, 0.05) is 0 Å². The van der Waals surface area contributed by atoms with E-state index in [0.29, 0.717) is 22.8 Å². The molecule has 0 bridgehead atoms. The molecule has 0 unspecified atom stereocenters. The van der Waals surface area contributed by atoms with E-state index in [9.17, 15) is 8.42 Å². The van der Waals surface area contributed by atoms with E-state index in [-0.39, 0.29) is 4.90 Å². The molecule has 0 atom stereocenters. The molecule has 2 aromatic carbocycles. The standard InChI is InChI=1S/C14H14N2O3S2/c1-11-3-9-14(10-4-11)21(17,18)16-20-15-12-5-7-13(19-2)8-6-12/h3-10H,1-2H3. The van der Waals surface area contributed by atoms with E-state index in [0.717, 1.165) is 5.56 Å². The Balaban J connectivity index is 2.22. The molecule has 0 amide bonds. The van der Waals surface area contributed by atoms with Crippen LogP contribution in [0.15, 0.2) is 61.6 Å². The average Bonchev–Trinajstić information content (AvgIpc) is 2.48. The van der Waals surface area contributed by atoms with Crippen molar-refractivity contribution >= 4 is 27.1 Å². The molecule has 0 aromatic heterocycles. The zero-order valence-corrected chi connectivity index (χ0v) is 13.2. The van der Waals surface area contributed by atoms with Crippen molar-refractivity contribution < 1.29 is 13.2 Å². The Hall–Kier alpha value is -1.99. The topological polar surface area (TPSA) is 68.1 Å². The summed E-state index contributed by atoms with van der Waals surface area (Å²) in [5.74, 6) is 0.711. The third-order valence-corrected chi connectivity index (χ3v) is 4.88. The van der Waals surface area contributed by atoms with E-state index in [1.54, 1.807) is 43.5 Å². The number of benzene rings is 2. The molecule has 110 valence electrons. The number of nitrogens with zero attached hydrogens (tertiary/aromatic N) is 2. The summed E-state index contributed by atoms with van der Waals surface area (Å²) in [7, 11) is -2.12. The molecule has 2 aromatic rings. The van der Waals surface area contributed by atoms with Gasteiger partial charge in [-0.2, -0.15) is 12.8 Å². The maximum absolute atomic E-state index is 12.0. The Kier molecular flexibility index (Phi) is 4.87. The van der Waals surface area contributed by atoms with Crippen LogP contribution in [0.2, 0.25) is 0 Å². The van der Waals surface area contributed by atoms with Crippen molar-refractivity contribution in [1.29, 1.82) is 0 Å². The van der Waals surface area contributed by atoms with Gasteiger partial charge >= 0.3 is 0 Å². The molecule has 0 aliphatic rings. The molecule has 0 fully saturated rings. The molecule has 2 rings (SSSR count). The van der Waals surface area contributed by atoms with Crippen LogP contribution in [0, 0.1) is 6.92 Å². The van der Waals surface area contributed by atoms with Crippen molar-refractivity contribution in [3.8, 4) is 5.75 Å². The van der Waals surface area contributed by atoms with Crippen LogP contribution in [0.1, 0.15) is 5.56 Å². The first kappa shape index (κ1) is 15.4. The maximum atomic E-state index is 12.0. The maximum Gasteiger partial charge on any atom is 0.293 e. The van der Waals surface area contributed by atoms with Crippen molar-refractivity contribution in [2.45, 2.75) is 11.8 Å². The lowest BCUT2D eigenvalue weighted by atomic mass is 10.2. The van der Waals surface area contributed by atoms with Gasteiger partial charge in [-0.25, -0.2) is 0 Å². The lowest BCUT2D eigenvalue weighted by Crippen LogP contribution is -1.95. The van der Waals surface area contributed by atoms with E-state index >= 15 is 0 Å². The molecular weight excluding hydrogens is 308 g/mol. The number of sulfonamides is 1. The van der Waals surface area contributed by atoms with Crippen molar-refractivity contribution in [2.24, 2.45) is 8.13 Å². The molecule has 0 saturated heterocycles. The van der Waals surface area contributed by atoms with Crippen molar-refractivity contribution in [2.75, 3.05) is 7.11 Å². The van der Waals surface area contributed by atoms with E-state index in [1.807, 2.05) is 6.92 Å². The van der Waals surface area contributed by atoms with E-state index in [2.05, 4.69) is 8.13 Å². The third kappa shape index (κ3) is 4.24. The molecule has 7 heteroatoms. The van der Waals surface area contributed by atoms with Crippen LogP contribution in [0.25, 0.3) is 0 Å². The van der Waals surface area contributed by atoms with Crippen LogP contribution in [-0.2, 0) is 21.4 Å². The van der Waals surface area contributed by atoms with Crippen LogP contribution in [0.5, 0.6) is 5.75 Å². The lowest BCUT2D eigenvalue weighted by Gasteiger charge is -1.97. The molecule has 0 N–H and O–H groups in total. The molecule has 21 heavy (non-hydrogen) atoms. The first-order valence-corrected chi connectivity index (χ1v) is 8.23. The second kappa shape index (κ2) is 6.64. The summed E-state index contributed by atoms with van der Waals surface area (Å²) in [4.78, 5) is 0.158. The minimum Gasteiger partial charge on any atom is -0.497 e. The van der Waals surface area contributed by atoms with Gasteiger partial charge < -0.3 is 4.74 Å². The van der Waals surface area contributed by atoms with Crippen LogP contribution < -0.4 is 4.74 Å². The van der Waals surface area contributed by atoms with Gasteiger partial charge in [0.1, 0.15) is 5.75 Å². The highest BCUT2D eigenvalue weighted by molar-refractivity contribution is 7.93.